The number of hydrogen-bond donors (Lipinski definition) is 1. The van der Waals surface area contributed by atoms with Crippen molar-refractivity contribution in [2.75, 3.05) is 35.0 Å². The van der Waals surface area contributed by atoms with Gasteiger partial charge in [-0.25, -0.2) is 4.79 Å². The smallest absolute Gasteiger partial charge is 0.337 e. The van der Waals surface area contributed by atoms with Gasteiger partial charge in [0.15, 0.2) is 17.3 Å². The first-order chi connectivity index (χ1) is 17.9. The molecule has 3 aromatic rings. The van der Waals surface area contributed by atoms with E-state index in [2.05, 4.69) is 0 Å². The highest BCUT2D eigenvalue weighted by molar-refractivity contribution is 6.05. The van der Waals surface area contributed by atoms with Crippen LogP contribution in [0.15, 0.2) is 72.5 Å². The molecule has 1 heterocycles. The SMILES string of the molecule is COC(=O)c1ccc(C2C(c3ccc(OC)cc3)=C(O)C(=O)N2CCc2ccc(OC)c(OC)c2)cc1. The van der Waals surface area contributed by atoms with E-state index in [-0.39, 0.29) is 5.76 Å². The molecule has 8 heteroatoms. The molecule has 0 radical (unpaired) electrons. The van der Waals surface area contributed by atoms with E-state index >= 15 is 0 Å². The molecule has 1 aliphatic heterocycles. The number of amides is 1. The van der Waals surface area contributed by atoms with Crippen molar-refractivity contribution in [1.82, 2.24) is 4.90 Å². The summed E-state index contributed by atoms with van der Waals surface area (Å²) in [7, 11) is 6.05. The van der Waals surface area contributed by atoms with Crippen molar-refractivity contribution in [2.24, 2.45) is 0 Å². The van der Waals surface area contributed by atoms with E-state index in [1.54, 1.807) is 62.6 Å². The molecule has 0 saturated heterocycles. The van der Waals surface area contributed by atoms with Crippen molar-refractivity contribution in [3.05, 3.63) is 94.7 Å². The van der Waals surface area contributed by atoms with Gasteiger partial charge in [-0.15, -0.1) is 0 Å². The van der Waals surface area contributed by atoms with Crippen LogP contribution in [-0.4, -0.2) is 56.9 Å². The molecule has 1 amide bonds. The van der Waals surface area contributed by atoms with Gasteiger partial charge in [-0.2, -0.15) is 0 Å². The Labute approximate surface area is 215 Å². The maximum absolute atomic E-state index is 13.3. The molecule has 1 aliphatic rings. The molecule has 192 valence electrons. The third-order valence-corrected chi connectivity index (χ3v) is 6.44. The summed E-state index contributed by atoms with van der Waals surface area (Å²) in [4.78, 5) is 26.9. The first kappa shape index (κ1) is 25.6. The molecular weight excluding hydrogens is 474 g/mol. The van der Waals surface area contributed by atoms with E-state index in [0.29, 0.717) is 46.9 Å². The van der Waals surface area contributed by atoms with Crippen LogP contribution < -0.4 is 14.2 Å². The second-order valence-corrected chi connectivity index (χ2v) is 8.44. The second-order valence-electron chi connectivity index (χ2n) is 8.44. The van der Waals surface area contributed by atoms with Gasteiger partial charge >= 0.3 is 5.97 Å². The van der Waals surface area contributed by atoms with Crippen LogP contribution >= 0.6 is 0 Å². The molecular formula is C29H29NO7. The van der Waals surface area contributed by atoms with Gasteiger partial charge in [-0.3, -0.25) is 4.79 Å². The van der Waals surface area contributed by atoms with E-state index in [1.807, 2.05) is 30.3 Å². The van der Waals surface area contributed by atoms with Crippen LogP contribution in [0.5, 0.6) is 17.2 Å². The van der Waals surface area contributed by atoms with E-state index in [4.69, 9.17) is 18.9 Å². The van der Waals surface area contributed by atoms with Crippen LogP contribution in [0.1, 0.15) is 33.1 Å². The highest BCUT2D eigenvalue weighted by Gasteiger charge is 2.40. The maximum Gasteiger partial charge on any atom is 0.337 e. The van der Waals surface area contributed by atoms with Crippen LogP contribution in [0.2, 0.25) is 0 Å². The average molecular weight is 504 g/mol. The first-order valence-corrected chi connectivity index (χ1v) is 11.7. The summed E-state index contributed by atoms with van der Waals surface area (Å²) >= 11 is 0. The number of benzene rings is 3. The molecule has 1 unspecified atom stereocenters. The normalized spacial score (nSPS) is 15.1. The second kappa shape index (κ2) is 11.1. The zero-order chi connectivity index (χ0) is 26.5. The first-order valence-electron chi connectivity index (χ1n) is 11.7. The number of nitrogens with zero attached hydrogens (tertiary/aromatic N) is 1. The van der Waals surface area contributed by atoms with Crippen molar-refractivity contribution in [3.63, 3.8) is 0 Å². The van der Waals surface area contributed by atoms with Crippen LogP contribution in [0.25, 0.3) is 5.57 Å². The van der Waals surface area contributed by atoms with Gasteiger partial charge in [0.2, 0.25) is 0 Å². The number of esters is 1. The van der Waals surface area contributed by atoms with Crippen molar-refractivity contribution in [2.45, 2.75) is 12.5 Å². The number of rotatable bonds is 9. The molecule has 8 nitrogen and oxygen atoms in total. The number of carbonyl (C=O) groups excluding carboxylic acids is 2. The minimum Gasteiger partial charge on any atom is -0.503 e. The molecule has 0 aliphatic carbocycles. The highest BCUT2D eigenvalue weighted by atomic mass is 16.5. The van der Waals surface area contributed by atoms with E-state index in [9.17, 15) is 14.7 Å². The zero-order valence-corrected chi connectivity index (χ0v) is 21.2. The summed E-state index contributed by atoms with van der Waals surface area (Å²) < 4.78 is 20.8. The molecule has 1 N–H and O–H groups in total. The lowest BCUT2D eigenvalue weighted by molar-refractivity contribution is -0.129. The third-order valence-electron chi connectivity index (χ3n) is 6.44. The lowest BCUT2D eigenvalue weighted by atomic mass is 9.92. The van der Waals surface area contributed by atoms with Crippen molar-refractivity contribution in [3.8, 4) is 17.2 Å². The number of carbonyl (C=O) groups is 2. The minimum absolute atomic E-state index is 0.306. The lowest BCUT2D eigenvalue weighted by Gasteiger charge is -2.28. The molecule has 37 heavy (non-hydrogen) atoms. The molecule has 0 bridgehead atoms. The molecule has 4 rings (SSSR count). The Morgan fingerprint density at radius 3 is 2.14 bits per heavy atom. The number of ether oxygens (including phenoxy) is 4. The molecule has 1 atom stereocenters. The maximum atomic E-state index is 13.3. The van der Waals surface area contributed by atoms with Gasteiger partial charge in [0, 0.05) is 12.1 Å². The fourth-order valence-corrected chi connectivity index (χ4v) is 4.50. The minimum atomic E-state index is -0.562. The van der Waals surface area contributed by atoms with Crippen LogP contribution in [0, 0.1) is 0 Å². The summed E-state index contributed by atoms with van der Waals surface area (Å²) in [6, 6.07) is 19.1. The van der Waals surface area contributed by atoms with E-state index in [1.165, 1.54) is 7.11 Å². The van der Waals surface area contributed by atoms with Crippen molar-refractivity contribution < 1.29 is 33.6 Å². The predicted molar refractivity (Wildman–Crippen MR) is 138 cm³/mol. The topological polar surface area (TPSA) is 94.5 Å². The summed E-state index contributed by atoms with van der Waals surface area (Å²) in [5.74, 6) is 0.661. The summed E-state index contributed by atoms with van der Waals surface area (Å²) in [5, 5.41) is 11.0. The lowest BCUT2D eigenvalue weighted by Crippen LogP contribution is -2.32. The van der Waals surface area contributed by atoms with Crippen molar-refractivity contribution in [1.29, 1.82) is 0 Å². The monoisotopic (exact) mass is 503 g/mol. The summed E-state index contributed by atoms with van der Waals surface area (Å²) in [6.45, 7) is 0.335. The standard InChI is InChI=1S/C29H29NO7/c1-34-22-12-10-19(11-13-22)25-26(20-6-8-21(9-7-20)29(33)37-4)30(28(32)27(25)31)16-15-18-5-14-23(35-2)24(17-18)36-3/h5-14,17,26,31H,15-16H2,1-4H3. The van der Waals surface area contributed by atoms with E-state index in [0.717, 1.165) is 11.1 Å². The van der Waals surface area contributed by atoms with Gasteiger partial charge < -0.3 is 29.0 Å². The quantitative estimate of drug-likeness (QED) is 0.427. The van der Waals surface area contributed by atoms with Crippen LogP contribution in [0.4, 0.5) is 0 Å². The van der Waals surface area contributed by atoms with Gasteiger partial charge in [-0.1, -0.05) is 30.3 Å². The summed E-state index contributed by atoms with van der Waals surface area (Å²) in [5.41, 5.74) is 3.28. The van der Waals surface area contributed by atoms with E-state index < -0.39 is 17.9 Å². The van der Waals surface area contributed by atoms with Gasteiger partial charge in [-0.05, 0) is 59.5 Å². The number of methoxy groups -OCH3 is 4. The Hall–Kier alpha value is -4.46. The van der Waals surface area contributed by atoms with Crippen LogP contribution in [-0.2, 0) is 16.0 Å². The molecule has 3 aromatic carbocycles. The van der Waals surface area contributed by atoms with Crippen LogP contribution in [0.3, 0.4) is 0 Å². The molecule has 0 saturated carbocycles. The van der Waals surface area contributed by atoms with Crippen molar-refractivity contribution >= 4 is 17.4 Å². The number of aliphatic hydroxyl groups is 1. The third kappa shape index (κ3) is 5.09. The fourth-order valence-electron chi connectivity index (χ4n) is 4.50. The molecule has 0 fully saturated rings. The predicted octanol–water partition coefficient (Wildman–Crippen LogP) is 4.59. The largest absolute Gasteiger partial charge is 0.503 e. The van der Waals surface area contributed by atoms with Gasteiger partial charge in [0.05, 0.1) is 40.0 Å². The Bertz CT molecular complexity index is 1310. The number of hydrogen-bond acceptors (Lipinski definition) is 7. The Morgan fingerprint density at radius 2 is 1.54 bits per heavy atom. The fraction of sp³-hybridized carbons (Fsp3) is 0.241. The summed E-state index contributed by atoms with van der Waals surface area (Å²) in [6.07, 6.45) is 0.520. The molecule has 0 aromatic heterocycles. The highest BCUT2D eigenvalue weighted by Crippen LogP contribution is 2.43. The zero-order valence-electron chi connectivity index (χ0n) is 21.2. The van der Waals surface area contributed by atoms with Gasteiger partial charge in [0.25, 0.3) is 5.91 Å². The molecule has 0 spiro atoms. The average Bonchev–Trinajstić information content (AvgIpc) is 3.20. The Kier molecular flexibility index (Phi) is 7.67. The number of aliphatic hydroxyl groups excluding tert-OH is 1. The van der Waals surface area contributed by atoms with Gasteiger partial charge in [0.1, 0.15) is 5.75 Å². The Balaban J connectivity index is 1.70. The Morgan fingerprint density at radius 1 is 0.865 bits per heavy atom.